The van der Waals surface area contributed by atoms with Crippen LogP contribution in [-0.2, 0) is 0 Å². The van der Waals surface area contributed by atoms with Crippen LogP contribution in [0.2, 0.25) is 0 Å². The van der Waals surface area contributed by atoms with Crippen molar-refractivity contribution in [2.75, 3.05) is 7.05 Å². The highest BCUT2D eigenvalue weighted by Gasteiger charge is 2.20. The molecule has 0 aromatic heterocycles. The fourth-order valence-electron chi connectivity index (χ4n) is 2.73. The monoisotopic (exact) mass is 309 g/mol. The molecule has 0 N–H and O–H groups in total. The van der Waals surface area contributed by atoms with Gasteiger partial charge in [0.05, 0.1) is 0 Å². The van der Waals surface area contributed by atoms with Crippen molar-refractivity contribution in [3.8, 4) is 12.1 Å². The van der Waals surface area contributed by atoms with Gasteiger partial charge in [0, 0.05) is 24.0 Å². The van der Waals surface area contributed by atoms with Crippen LogP contribution < -0.4 is 0 Å². The topological polar surface area (TPSA) is 50.8 Å². The highest BCUT2D eigenvalue weighted by Crippen LogP contribution is 2.34. The lowest BCUT2D eigenvalue weighted by molar-refractivity contribution is 0.679. The van der Waals surface area contributed by atoms with Gasteiger partial charge in [0.1, 0.15) is 17.7 Å². The molecule has 0 saturated carbocycles. The Hall–Kier alpha value is -3.56. The predicted molar refractivity (Wildman–Crippen MR) is 94.9 cm³/mol. The molecule has 0 aliphatic carbocycles. The molecule has 0 spiro atoms. The van der Waals surface area contributed by atoms with E-state index >= 15 is 0 Å². The number of nitrogens with zero attached hydrogens (tertiary/aromatic N) is 3. The van der Waals surface area contributed by atoms with Crippen LogP contribution >= 0.6 is 0 Å². The number of benzene rings is 2. The lowest BCUT2D eigenvalue weighted by atomic mass is 9.96. The van der Waals surface area contributed by atoms with Gasteiger partial charge >= 0.3 is 0 Å². The number of allylic oxidation sites excluding steroid dienone is 4. The Morgan fingerprint density at radius 2 is 1.17 bits per heavy atom. The highest BCUT2D eigenvalue weighted by atomic mass is 15.1. The van der Waals surface area contributed by atoms with Crippen molar-refractivity contribution in [2.24, 2.45) is 0 Å². The molecular formula is C21H15N3. The van der Waals surface area contributed by atoms with Crippen molar-refractivity contribution in [1.29, 1.82) is 10.5 Å². The molecular weight excluding hydrogens is 294 g/mol. The molecule has 114 valence electrons. The van der Waals surface area contributed by atoms with Crippen molar-refractivity contribution in [3.05, 3.63) is 95.1 Å². The Bertz CT molecular complexity index is 845. The summed E-state index contributed by atoms with van der Waals surface area (Å²) in [6.45, 7) is 0. The number of hydrogen-bond acceptors (Lipinski definition) is 3. The molecule has 2 aromatic rings. The molecule has 1 heterocycles. The molecule has 24 heavy (non-hydrogen) atoms. The van der Waals surface area contributed by atoms with E-state index in [0.717, 1.165) is 22.5 Å². The largest absolute Gasteiger partial charge is 0.344 e. The molecule has 0 atom stereocenters. The van der Waals surface area contributed by atoms with Crippen molar-refractivity contribution < 1.29 is 0 Å². The average Bonchev–Trinajstić information content (AvgIpc) is 2.65. The quantitative estimate of drug-likeness (QED) is 0.775. The van der Waals surface area contributed by atoms with E-state index in [2.05, 4.69) is 4.90 Å². The van der Waals surface area contributed by atoms with Crippen LogP contribution in [0.3, 0.4) is 0 Å². The van der Waals surface area contributed by atoms with E-state index in [-0.39, 0.29) is 5.57 Å². The third-order valence-electron chi connectivity index (χ3n) is 3.96. The molecule has 0 bridgehead atoms. The zero-order chi connectivity index (χ0) is 16.9. The van der Waals surface area contributed by atoms with Gasteiger partial charge in [0.25, 0.3) is 0 Å². The predicted octanol–water partition coefficient (Wildman–Crippen LogP) is 4.36. The molecule has 3 nitrogen and oxygen atoms in total. The minimum Gasteiger partial charge on any atom is -0.344 e. The van der Waals surface area contributed by atoms with E-state index < -0.39 is 0 Å². The second-order valence-corrected chi connectivity index (χ2v) is 5.40. The van der Waals surface area contributed by atoms with E-state index in [1.165, 1.54) is 0 Å². The summed E-state index contributed by atoms with van der Waals surface area (Å²) in [7, 11) is 1.99. The summed E-state index contributed by atoms with van der Waals surface area (Å²) in [4.78, 5) is 2.08. The van der Waals surface area contributed by atoms with Gasteiger partial charge in [-0.15, -0.1) is 0 Å². The van der Waals surface area contributed by atoms with Gasteiger partial charge in [-0.2, -0.15) is 10.5 Å². The maximum atomic E-state index is 9.26. The van der Waals surface area contributed by atoms with Crippen molar-refractivity contribution in [1.82, 2.24) is 4.90 Å². The van der Waals surface area contributed by atoms with Crippen LogP contribution in [-0.4, -0.2) is 11.9 Å². The normalized spacial score (nSPS) is 13.5. The van der Waals surface area contributed by atoms with Gasteiger partial charge in [-0.3, -0.25) is 0 Å². The van der Waals surface area contributed by atoms with Crippen molar-refractivity contribution >= 4 is 11.4 Å². The van der Waals surface area contributed by atoms with Crippen LogP contribution in [0.4, 0.5) is 0 Å². The van der Waals surface area contributed by atoms with Crippen molar-refractivity contribution in [2.45, 2.75) is 0 Å². The zero-order valence-electron chi connectivity index (χ0n) is 13.3. The first kappa shape index (κ1) is 15.3. The smallest absolute Gasteiger partial charge is 0.137 e. The van der Waals surface area contributed by atoms with Gasteiger partial charge < -0.3 is 4.90 Å². The third-order valence-corrected chi connectivity index (χ3v) is 3.96. The zero-order valence-corrected chi connectivity index (χ0v) is 13.3. The lowest BCUT2D eigenvalue weighted by Crippen LogP contribution is -2.19. The molecule has 2 aromatic carbocycles. The summed E-state index contributed by atoms with van der Waals surface area (Å²) in [5, 5.41) is 18.5. The van der Waals surface area contributed by atoms with Crippen LogP contribution in [0.1, 0.15) is 11.1 Å². The molecule has 1 aliphatic rings. The van der Waals surface area contributed by atoms with Gasteiger partial charge in [-0.1, -0.05) is 60.7 Å². The Balaban J connectivity index is 2.21. The minimum atomic E-state index is 0.116. The summed E-state index contributed by atoms with van der Waals surface area (Å²) in [6.07, 6.45) is 3.78. The number of nitriles is 2. The molecule has 0 fully saturated rings. The van der Waals surface area contributed by atoms with E-state index in [0.29, 0.717) is 5.57 Å². The lowest BCUT2D eigenvalue weighted by Gasteiger charge is -2.30. The summed E-state index contributed by atoms with van der Waals surface area (Å²) in [6, 6.07) is 23.9. The van der Waals surface area contributed by atoms with Crippen LogP contribution in [0.25, 0.3) is 11.4 Å². The molecule has 3 heteroatoms. The molecule has 0 amide bonds. The van der Waals surface area contributed by atoms with Gasteiger partial charge in [0.15, 0.2) is 0 Å². The summed E-state index contributed by atoms with van der Waals surface area (Å²) < 4.78 is 0. The van der Waals surface area contributed by atoms with E-state index in [1.807, 2.05) is 92.0 Å². The fraction of sp³-hybridized carbons (Fsp3) is 0.0476. The van der Waals surface area contributed by atoms with Gasteiger partial charge in [-0.25, -0.2) is 0 Å². The molecule has 3 rings (SSSR count). The molecule has 0 saturated heterocycles. The first-order valence-corrected chi connectivity index (χ1v) is 7.57. The standard InChI is InChI=1S/C21H15N3/c1-24-20(16-8-4-2-5-9-16)12-18(19(14-22)15-23)13-21(24)17-10-6-3-7-11-17/h2-13H,1H3. The van der Waals surface area contributed by atoms with Gasteiger partial charge in [0.2, 0.25) is 0 Å². The first-order chi connectivity index (χ1) is 11.7. The summed E-state index contributed by atoms with van der Waals surface area (Å²) >= 11 is 0. The number of hydrogen-bond donors (Lipinski definition) is 0. The summed E-state index contributed by atoms with van der Waals surface area (Å²) in [5.74, 6) is 0. The second-order valence-electron chi connectivity index (χ2n) is 5.40. The maximum Gasteiger partial charge on any atom is 0.137 e. The van der Waals surface area contributed by atoms with Crippen LogP contribution in [0, 0.1) is 22.7 Å². The Morgan fingerprint density at radius 1 is 0.750 bits per heavy atom. The molecule has 1 aliphatic heterocycles. The Kier molecular flexibility index (Phi) is 4.27. The molecule has 0 unspecified atom stereocenters. The summed E-state index contributed by atoms with van der Waals surface area (Å²) in [5.41, 5.74) is 4.73. The van der Waals surface area contributed by atoms with Crippen LogP contribution in [0.5, 0.6) is 0 Å². The fourth-order valence-corrected chi connectivity index (χ4v) is 2.73. The van der Waals surface area contributed by atoms with Gasteiger partial charge in [-0.05, 0) is 23.3 Å². The van der Waals surface area contributed by atoms with Crippen LogP contribution in [0.15, 0.2) is 84.0 Å². The van der Waals surface area contributed by atoms with E-state index in [1.54, 1.807) is 0 Å². The second kappa shape index (κ2) is 6.69. The van der Waals surface area contributed by atoms with Crippen molar-refractivity contribution in [3.63, 3.8) is 0 Å². The van der Waals surface area contributed by atoms with E-state index in [4.69, 9.17) is 0 Å². The average molecular weight is 309 g/mol. The van der Waals surface area contributed by atoms with E-state index in [9.17, 15) is 10.5 Å². The third kappa shape index (κ3) is 2.84. The maximum absolute atomic E-state index is 9.26. The highest BCUT2D eigenvalue weighted by molar-refractivity contribution is 5.84. The SMILES string of the molecule is CN1C(c2ccccc2)=CC(=C(C#N)C#N)C=C1c1ccccc1. The Labute approximate surface area is 141 Å². The first-order valence-electron chi connectivity index (χ1n) is 7.57. The number of rotatable bonds is 2. The Morgan fingerprint density at radius 3 is 1.54 bits per heavy atom. The molecule has 0 radical (unpaired) electrons. The minimum absolute atomic E-state index is 0.116.